The van der Waals surface area contributed by atoms with Crippen molar-refractivity contribution in [2.24, 2.45) is 5.92 Å². The number of ether oxygens (including phenoxy) is 1. The van der Waals surface area contributed by atoms with Crippen molar-refractivity contribution in [3.63, 3.8) is 0 Å². The van der Waals surface area contributed by atoms with Crippen molar-refractivity contribution in [1.82, 2.24) is 5.48 Å². The van der Waals surface area contributed by atoms with Gasteiger partial charge in [0.05, 0.1) is 0 Å². The van der Waals surface area contributed by atoms with E-state index in [2.05, 4.69) is 5.48 Å². The van der Waals surface area contributed by atoms with Crippen molar-refractivity contribution in [3.05, 3.63) is 35.9 Å². The van der Waals surface area contributed by atoms with E-state index in [9.17, 15) is 0 Å². The smallest absolute Gasteiger partial charge is 0.190 e. The molecule has 98 valence electrons. The summed E-state index contributed by atoms with van der Waals surface area (Å²) in [5.41, 5.74) is 3.97. The highest BCUT2D eigenvalue weighted by Gasteiger charge is 2.43. The zero-order valence-electron chi connectivity index (χ0n) is 13.4. The van der Waals surface area contributed by atoms with Crippen molar-refractivity contribution in [1.29, 1.82) is 0 Å². The van der Waals surface area contributed by atoms with Crippen molar-refractivity contribution in [2.75, 3.05) is 0 Å². The summed E-state index contributed by atoms with van der Waals surface area (Å²) in [6.07, 6.45) is 3.20. The summed E-state index contributed by atoms with van der Waals surface area (Å²) in [6, 6.07) is 9.86. The monoisotopic (exact) mass is 250 g/mol. The second-order valence-electron chi connectivity index (χ2n) is 5.17. The maximum Gasteiger partial charge on any atom is 0.190 e. The van der Waals surface area contributed by atoms with Crippen LogP contribution in [0.1, 0.15) is 54.9 Å². The van der Waals surface area contributed by atoms with Gasteiger partial charge in [-0.3, -0.25) is 4.84 Å². The first-order valence-corrected chi connectivity index (χ1v) is 6.65. The first kappa shape index (κ1) is 9.08. The molecule has 1 aromatic carbocycles. The molecule has 1 aliphatic carbocycles. The molecule has 0 amide bonds. The molecule has 1 saturated heterocycles. The average molecular weight is 250 g/mol. The Balaban J connectivity index is 1.67. The average Bonchev–Trinajstić information content (AvgIpc) is 2.74. The molecule has 18 heavy (non-hydrogen) atoms. The number of benzene rings is 1. The van der Waals surface area contributed by atoms with Gasteiger partial charge < -0.3 is 4.74 Å². The van der Waals surface area contributed by atoms with Crippen LogP contribution in [0, 0.1) is 5.92 Å². The first-order chi connectivity index (χ1) is 9.99. The molecule has 1 aromatic rings. The van der Waals surface area contributed by atoms with E-state index >= 15 is 0 Å². The summed E-state index contributed by atoms with van der Waals surface area (Å²) >= 11 is 0. The van der Waals surface area contributed by atoms with Gasteiger partial charge >= 0.3 is 0 Å². The van der Waals surface area contributed by atoms with Gasteiger partial charge in [-0.15, -0.1) is 0 Å². The van der Waals surface area contributed by atoms with Gasteiger partial charge in [-0.25, -0.2) is 0 Å². The fourth-order valence-corrected chi connectivity index (χ4v) is 2.69. The Labute approximate surface area is 113 Å². The van der Waals surface area contributed by atoms with E-state index in [1.54, 1.807) is 0 Å². The summed E-state index contributed by atoms with van der Waals surface area (Å²) < 4.78 is 28.9. The normalized spacial score (nSPS) is 39.9. The van der Waals surface area contributed by atoms with Crippen LogP contribution in [0.4, 0.5) is 0 Å². The van der Waals surface area contributed by atoms with Crippen LogP contribution in [0.15, 0.2) is 30.3 Å². The number of hydroxylamine groups is 1. The maximum atomic E-state index is 7.59. The van der Waals surface area contributed by atoms with Gasteiger partial charge in [0.1, 0.15) is 0 Å². The summed E-state index contributed by atoms with van der Waals surface area (Å²) in [5.74, 6) is -0.930. The second kappa shape index (κ2) is 5.00. The third-order valence-electron chi connectivity index (χ3n) is 3.77. The molecular formula is C15H21NO2. The highest BCUT2D eigenvalue weighted by atomic mass is 16.9. The minimum absolute atomic E-state index is 0.250. The molecule has 3 heteroatoms. The van der Waals surface area contributed by atoms with Crippen LogP contribution >= 0.6 is 0 Å². The Kier molecular flexibility index (Phi) is 2.52. The number of hydrogen-bond acceptors (Lipinski definition) is 3. The molecule has 1 N–H and O–H groups in total. The SMILES string of the molecule is [2H]C([2H])([2H])C1CCCC2(CC1)ON[C@@H](c1ccccc1)O2. The summed E-state index contributed by atoms with van der Waals surface area (Å²) in [7, 11) is 0. The maximum absolute atomic E-state index is 7.59. The van der Waals surface area contributed by atoms with Crippen LogP contribution in [0.5, 0.6) is 0 Å². The highest BCUT2D eigenvalue weighted by Crippen LogP contribution is 2.40. The molecule has 2 fully saturated rings. The standard InChI is InChI=1S/C15H21NO2/c1-12-6-5-10-15(11-9-12)17-14(16-18-15)13-7-3-2-4-8-13/h2-4,7-8,12,14,16H,5-6,9-11H2,1H3/t12?,14-,15?/m1/s1/i1D3. The van der Waals surface area contributed by atoms with E-state index in [0.717, 1.165) is 18.4 Å². The van der Waals surface area contributed by atoms with E-state index in [1.807, 2.05) is 30.3 Å². The van der Waals surface area contributed by atoms with Crippen LogP contribution < -0.4 is 5.48 Å². The predicted molar refractivity (Wildman–Crippen MR) is 69.5 cm³/mol. The third-order valence-corrected chi connectivity index (χ3v) is 3.77. The molecule has 3 nitrogen and oxygen atoms in total. The number of hydrogen-bond donors (Lipinski definition) is 1. The Morgan fingerprint density at radius 2 is 2.17 bits per heavy atom. The highest BCUT2D eigenvalue weighted by molar-refractivity contribution is 5.17. The molecule has 0 bridgehead atoms. The minimum Gasteiger partial charge on any atom is -0.324 e. The Morgan fingerprint density at radius 3 is 3.00 bits per heavy atom. The fraction of sp³-hybridized carbons (Fsp3) is 0.600. The van der Waals surface area contributed by atoms with Gasteiger partial charge in [0.25, 0.3) is 0 Å². The van der Waals surface area contributed by atoms with Crippen LogP contribution in [0.2, 0.25) is 0 Å². The zero-order chi connectivity index (χ0) is 14.9. The minimum atomic E-state index is -1.88. The Morgan fingerprint density at radius 1 is 1.28 bits per heavy atom. The molecule has 3 atom stereocenters. The largest absolute Gasteiger partial charge is 0.324 e. The van der Waals surface area contributed by atoms with Gasteiger partial charge in [0.15, 0.2) is 12.0 Å². The molecule has 2 unspecified atom stereocenters. The molecule has 1 saturated carbocycles. The van der Waals surface area contributed by atoms with Crippen LogP contribution in [0.3, 0.4) is 0 Å². The van der Waals surface area contributed by atoms with Gasteiger partial charge in [-0.1, -0.05) is 43.6 Å². The summed E-state index contributed by atoms with van der Waals surface area (Å²) in [5, 5.41) is 0. The van der Waals surface area contributed by atoms with Gasteiger partial charge in [0.2, 0.25) is 0 Å². The summed E-state index contributed by atoms with van der Waals surface area (Å²) in [4.78, 5) is 5.73. The molecule has 3 rings (SSSR count). The van der Waals surface area contributed by atoms with E-state index in [0.29, 0.717) is 19.3 Å². The van der Waals surface area contributed by atoms with E-state index in [1.165, 1.54) is 0 Å². The second-order valence-corrected chi connectivity index (χ2v) is 5.17. The molecule has 1 heterocycles. The van der Waals surface area contributed by atoms with Crippen molar-refractivity contribution in [2.45, 2.75) is 51.0 Å². The van der Waals surface area contributed by atoms with Crippen LogP contribution in [-0.2, 0) is 9.57 Å². The molecule has 0 aromatic heterocycles. The molecule has 2 aliphatic rings. The molecular weight excluding hydrogens is 226 g/mol. The Bertz CT molecular complexity index is 480. The lowest BCUT2D eigenvalue weighted by Gasteiger charge is -2.24. The molecule has 0 radical (unpaired) electrons. The number of nitrogens with one attached hydrogen (secondary N) is 1. The lowest BCUT2D eigenvalue weighted by atomic mass is 10.0. The van der Waals surface area contributed by atoms with Crippen LogP contribution in [-0.4, -0.2) is 5.79 Å². The Hall–Kier alpha value is -0.900. The van der Waals surface area contributed by atoms with Gasteiger partial charge in [-0.05, 0) is 24.3 Å². The summed E-state index contributed by atoms with van der Waals surface area (Å²) in [6.45, 7) is -1.88. The van der Waals surface area contributed by atoms with Crippen molar-refractivity contribution in [3.8, 4) is 0 Å². The lowest BCUT2D eigenvalue weighted by Crippen LogP contribution is -2.30. The predicted octanol–water partition coefficient (Wildman–Crippen LogP) is 3.53. The fourth-order valence-electron chi connectivity index (χ4n) is 2.69. The van der Waals surface area contributed by atoms with Crippen molar-refractivity contribution >= 4 is 0 Å². The van der Waals surface area contributed by atoms with Gasteiger partial charge in [-0.2, -0.15) is 5.48 Å². The quantitative estimate of drug-likeness (QED) is 0.827. The van der Waals surface area contributed by atoms with Crippen LogP contribution in [0.25, 0.3) is 0 Å². The lowest BCUT2D eigenvalue weighted by molar-refractivity contribution is -0.187. The first-order valence-electron chi connectivity index (χ1n) is 8.15. The van der Waals surface area contributed by atoms with E-state index in [-0.39, 0.29) is 12.1 Å². The van der Waals surface area contributed by atoms with Gasteiger partial charge in [0, 0.05) is 17.0 Å². The molecule has 1 spiro atoms. The molecule has 1 aliphatic heterocycles. The van der Waals surface area contributed by atoms with E-state index in [4.69, 9.17) is 13.7 Å². The third kappa shape index (κ3) is 2.44. The zero-order valence-corrected chi connectivity index (χ0v) is 10.4. The number of rotatable bonds is 1. The van der Waals surface area contributed by atoms with E-state index < -0.39 is 12.6 Å². The topological polar surface area (TPSA) is 30.5 Å². The van der Waals surface area contributed by atoms with Crippen molar-refractivity contribution < 1.29 is 13.7 Å².